The Balaban J connectivity index is 1.61. The van der Waals surface area contributed by atoms with Crippen molar-refractivity contribution in [2.45, 2.75) is 38.5 Å². The first-order valence-electron chi connectivity index (χ1n) is 9.78. The maximum absolute atomic E-state index is 13.6. The molecule has 1 N–H and O–H groups in total. The van der Waals surface area contributed by atoms with E-state index in [0.717, 1.165) is 29.9 Å². The normalized spacial score (nSPS) is 17.3. The van der Waals surface area contributed by atoms with Gasteiger partial charge in [0, 0.05) is 19.7 Å². The second-order valence-corrected chi connectivity index (χ2v) is 8.55. The van der Waals surface area contributed by atoms with Crippen LogP contribution in [0.2, 0.25) is 0 Å². The zero-order valence-electron chi connectivity index (χ0n) is 16.3. The molecule has 29 heavy (non-hydrogen) atoms. The van der Waals surface area contributed by atoms with Crippen LogP contribution in [0.3, 0.4) is 0 Å². The molecule has 1 aliphatic heterocycles. The predicted octanol–water partition coefficient (Wildman–Crippen LogP) is 4.44. The highest BCUT2D eigenvalue weighted by Crippen LogP contribution is 2.27. The van der Waals surface area contributed by atoms with Gasteiger partial charge in [0.05, 0.1) is 11.0 Å². The van der Waals surface area contributed by atoms with Crippen LogP contribution in [0.4, 0.5) is 0 Å². The Morgan fingerprint density at radius 3 is 2.90 bits per heavy atom. The van der Waals surface area contributed by atoms with Crippen LogP contribution in [0.25, 0.3) is 10.7 Å². The maximum atomic E-state index is 13.6. The third-order valence-corrected chi connectivity index (χ3v) is 6.32. The van der Waals surface area contributed by atoms with Crippen LogP contribution in [-0.2, 0) is 16.1 Å². The molecule has 0 aliphatic carbocycles. The van der Waals surface area contributed by atoms with Crippen LogP contribution in [-0.4, -0.2) is 44.8 Å². The predicted molar refractivity (Wildman–Crippen MR) is 116 cm³/mol. The van der Waals surface area contributed by atoms with E-state index in [4.69, 9.17) is 17.0 Å². The van der Waals surface area contributed by atoms with Crippen molar-refractivity contribution in [2.75, 3.05) is 13.2 Å². The van der Waals surface area contributed by atoms with Crippen molar-refractivity contribution in [2.24, 2.45) is 0 Å². The van der Waals surface area contributed by atoms with E-state index >= 15 is 0 Å². The van der Waals surface area contributed by atoms with Gasteiger partial charge in [0.2, 0.25) is 5.91 Å². The molecule has 1 aromatic carbocycles. The monoisotopic (exact) mass is 428 g/mol. The summed E-state index contributed by atoms with van der Waals surface area (Å²) in [4.78, 5) is 16.4. The maximum Gasteiger partial charge on any atom is 0.245 e. The number of nitrogens with zero attached hydrogens (tertiary/aromatic N) is 3. The number of hydrogen-bond donors (Lipinski definition) is 1. The minimum absolute atomic E-state index is 0.0136. The molecule has 0 spiro atoms. The Hall–Kier alpha value is -2.29. The van der Waals surface area contributed by atoms with Gasteiger partial charge in [-0.2, -0.15) is 5.10 Å². The Morgan fingerprint density at radius 1 is 1.38 bits per heavy atom. The smallest absolute Gasteiger partial charge is 0.245 e. The highest BCUT2D eigenvalue weighted by molar-refractivity contribution is 7.71. The lowest BCUT2D eigenvalue weighted by atomic mass is 10.1. The van der Waals surface area contributed by atoms with E-state index in [-0.39, 0.29) is 12.0 Å². The average molecular weight is 429 g/mol. The van der Waals surface area contributed by atoms with E-state index in [1.165, 1.54) is 0 Å². The summed E-state index contributed by atoms with van der Waals surface area (Å²) in [5.41, 5.74) is 1.10. The van der Waals surface area contributed by atoms with E-state index in [1.807, 2.05) is 64.2 Å². The summed E-state index contributed by atoms with van der Waals surface area (Å²) < 4.78 is 8.08. The zero-order valence-corrected chi connectivity index (χ0v) is 17.9. The second-order valence-electron chi connectivity index (χ2n) is 7.22. The summed E-state index contributed by atoms with van der Waals surface area (Å²) in [6.07, 6.45) is 2.12. The number of aromatic nitrogens is 3. The van der Waals surface area contributed by atoms with Gasteiger partial charge in [-0.05, 0) is 49.0 Å². The molecule has 152 valence electrons. The number of aromatic amines is 1. The molecule has 1 fully saturated rings. The standard InChI is InChI=1S/C21H24N4O2S2/c1-15(25-19(22-23-21(25)28)18-10-6-12-29-18)20(26)24(14-17-9-5-11-27-17)13-16-7-3-2-4-8-16/h2-4,6-8,10,12,15,17H,5,9,11,13-14H2,1H3,(H,23,28). The molecular formula is C21H24N4O2S2. The minimum atomic E-state index is -0.469. The van der Waals surface area contributed by atoms with Crippen molar-refractivity contribution >= 4 is 29.5 Å². The molecule has 0 radical (unpaired) electrons. The van der Waals surface area contributed by atoms with Crippen LogP contribution in [0.5, 0.6) is 0 Å². The van der Waals surface area contributed by atoms with Gasteiger partial charge in [-0.25, -0.2) is 0 Å². The molecule has 0 bridgehead atoms. The summed E-state index contributed by atoms with van der Waals surface area (Å²) in [5.74, 6) is 0.710. The highest BCUT2D eigenvalue weighted by Gasteiger charge is 2.29. The molecule has 1 aliphatic rings. The number of amides is 1. The van der Waals surface area contributed by atoms with E-state index < -0.39 is 6.04 Å². The summed E-state index contributed by atoms with van der Waals surface area (Å²) in [6.45, 7) is 3.78. The Morgan fingerprint density at radius 2 is 2.21 bits per heavy atom. The molecule has 2 aromatic heterocycles. The van der Waals surface area contributed by atoms with Crippen molar-refractivity contribution in [1.82, 2.24) is 19.7 Å². The molecule has 8 heteroatoms. The topological polar surface area (TPSA) is 63.1 Å². The van der Waals surface area contributed by atoms with E-state index in [9.17, 15) is 4.79 Å². The number of rotatable bonds is 7. The fraction of sp³-hybridized carbons (Fsp3) is 0.381. The van der Waals surface area contributed by atoms with Gasteiger partial charge >= 0.3 is 0 Å². The van der Waals surface area contributed by atoms with E-state index in [0.29, 0.717) is 23.7 Å². The van der Waals surface area contributed by atoms with Crippen molar-refractivity contribution in [3.05, 3.63) is 58.2 Å². The van der Waals surface area contributed by atoms with Gasteiger partial charge in [0.1, 0.15) is 6.04 Å². The van der Waals surface area contributed by atoms with Crippen molar-refractivity contribution in [3.63, 3.8) is 0 Å². The molecule has 1 amide bonds. The first kappa shape index (κ1) is 20.0. The number of benzene rings is 1. The number of ether oxygens (including phenoxy) is 1. The third-order valence-electron chi connectivity index (χ3n) is 5.17. The SMILES string of the molecule is CC(C(=O)N(Cc1ccccc1)CC1CCCO1)n1c(-c2cccs2)n[nH]c1=S. The summed E-state index contributed by atoms with van der Waals surface area (Å²) in [5, 5.41) is 9.21. The molecule has 2 unspecified atom stereocenters. The quantitative estimate of drug-likeness (QED) is 0.565. The minimum Gasteiger partial charge on any atom is -0.376 e. The van der Waals surface area contributed by atoms with Gasteiger partial charge < -0.3 is 9.64 Å². The molecule has 1 saturated heterocycles. The number of carbonyl (C=O) groups excluding carboxylic acids is 1. The zero-order chi connectivity index (χ0) is 20.2. The molecule has 0 saturated carbocycles. The second kappa shape index (κ2) is 9.02. The fourth-order valence-electron chi connectivity index (χ4n) is 3.69. The Kier molecular flexibility index (Phi) is 6.22. The molecular weight excluding hydrogens is 404 g/mol. The number of thiophene rings is 1. The van der Waals surface area contributed by atoms with Crippen molar-refractivity contribution < 1.29 is 9.53 Å². The van der Waals surface area contributed by atoms with Crippen LogP contribution in [0.1, 0.15) is 31.4 Å². The lowest BCUT2D eigenvalue weighted by Gasteiger charge is -2.29. The van der Waals surface area contributed by atoms with Gasteiger partial charge in [-0.1, -0.05) is 36.4 Å². The average Bonchev–Trinajstić information content (AvgIpc) is 3.49. The summed E-state index contributed by atoms with van der Waals surface area (Å²) >= 11 is 7.03. The molecule has 2 atom stereocenters. The van der Waals surface area contributed by atoms with Gasteiger partial charge in [-0.3, -0.25) is 14.5 Å². The number of H-pyrrole nitrogens is 1. The molecule has 6 nitrogen and oxygen atoms in total. The molecule has 3 aromatic rings. The van der Waals surface area contributed by atoms with E-state index in [2.05, 4.69) is 10.2 Å². The van der Waals surface area contributed by atoms with Gasteiger partial charge in [-0.15, -0.1) is 11.3 Å². The van der Waals surface area contributed by atoms with Crippen molar-refractivity contribution in [3.8, 4) is 10.7 Å². The van der Waals surface area contributed by atoms with Crippen LogP contribution >= 0.6 is 23.6 Å². The van der Waals surface area contributed by atoms with Gasteiger partial charge in [0.25, 0.3) is 0 Å². The lowest BCUT2D eigenvalue weighted by Crippen LogP contribution is -2.40. The lowest BCUT2D eigenvalue weighted by molar-refractivity contribution is -0.136. The third kappa shape index (κ3) is 4.49. The van der Waals surface area contributed by atoms with Gasteiger partial charge in [0.15, 0.2) is 10.6 Å². The number of hydrogen-bond acceptors (Lipinski definition) is 5. The van der Waals surface area contributed by atoms with Crippen molar-refractivity contribution in [1.29, 1.82) is 0 Å². The summed E-state index contributed by atoms with van der Waals surface area (Å²) in [6, 6.07) is 13.5. The summed E-state index contributed by atoms with van der Waals surface area (Å²) in [7, 11) is 0. The van der Waals surface area contributed by atoms with E-state index in [1.54, 1.807) is 11.3 Å². The fourth-order valence-corrected chi connectivity index (χ4v) is 4.69. The Labute approximate surface area is 179 Å². The highest BCUT2D eigenvalue weighted by atomic mass is 32.1. The molecule has 3 heterocycles. The number of carbonyl (C=O) groups is 1. The molecule has 4 rings (SSSR count). The van der Waals surface area contributed by atoms with Crippen LogP contribution in [0.15, 0.2) is 47.8 Å². The first-order chi connectivity index (χ1) is 14.1. The Bertz CT molecular complexity index is 991. The largest absolute Gasteiger partial charge is 0.376 e. The number of nitrogens with one attached hydrogen (secondary N) is 1. The van der Waals surface area contributed by atoms with Crippen LogP contribution in [0, 0.1) is 4.77 Å². The first-order valence-corrected chi connectivity index (χ1v) is 11.1. The van der Waals surface area contributed by atoms with Crippen LogP contribution < -0.4 is 0 Å².